The second kappa shape index (κ2) is 10.2. The molecular weight excluding hydrogens is 392 g/mol. The van der Waals surface area contributed by atoms with Crippen LogP contribution in [0.25, 0.3) is 0 Å². The summed E-state index contributed by atoms with van der Waals surface area (Å²) in [5, 5.41) is 0. The SMILES string of the molecule is COC[C@@H](CC(=O)Cc1cc2c(cn1)C(OC1CCOC(C)C1)=NC2)c1ccccc1. The van der Waals surface area contributed by atoms with Gasteiger partial charge in [-0.15, -0.1) is 0 Å². The molecule has 0 aliphatic carbocycles. The molecule has 0 saturated carbocycles. The van der Waals surface area contributed by atoms with Gasteiger partial charge in [0, 0.05) is 50.6 Å². The summed E-state index contributed by atoms with van der Waals surface area (Å²) in [6, 6.07) is 12.0. The highest BCUT2D eigenvalue weighted by molar-refractivity contribution is 5.97. The molecule has 2 aromatic rings. The van der Waals surface area contributed by atoms with E-state index in [1.807, 2.05) is 36.4 Å². The van der Waals surface area contributed by atoms with Crippen molar-refractivity contribution in [2.24, 2.45) is 4.99 Å². The summed E-state index contributed by atoms with van der Waals surface area (Å²) < 4.78 is 17.1. The highest BCUT2D eigenvalue weighted by atomic mass is 16.5. The molecule has 164 valence electrons. The van der Waals surface area contributed by atoms with Crippen LogP contribution in [-0.4, -0.2) is 49.2 Å². The Balaban J connectivity index is 1.36. The molecular formula is C25H30N2O4. The van der Waals surface area contributed by atoms with E-state index >= 15 is 0 Å². The molecule has 1 aromatic carbocycles. The molecule has 3 heterocycles. The molecule has 4 rings (SSSR count). The Morgan fingerprint density at radius 3 is 2.90 bits per heavy atom. The van der Waals surface area contributed by atoms with Crippen molar-refractivity contribution in [2.45, 2.75) is 57.3 Å². The van der Waals surface area contributed by atoms with Crippen molar-refractivity contribution >= 4 is 11.7 Å². The van der Waals surface area contributed by atoms with Gasteiger partial charge in [0.15, 0.2) is 0 Å². The second-order valence-electron chi connectivity index (χ2n) is 8.38. The van der Waals surface area contributed by atoms with Gasteiger partial charge in [-0.1, -0.05) is 30.3 Å². The van der Waals surface area contributed by atoms with Gasteiger partial charge >= 0.3 is 0 Å². The summed E-state index contributed by atoms with van der Waals surface area (Å²) in [6.45, 7) is 3.88. The van der Waals surface area contributed by atoms with Crippen LogP contribution >= 0.6 is 0 Å². The first-order valence-corrected chi connectivity index (χ1v) is 11.0. The van der Waals surface area contributed by atoms with E-state index in [9.17, 15) is 4.79 Å². The lowest BCUT2D eigenvalue weighted by molar-refractivity contribution is -0.119. The fourth-order valence-corrected chi connectivity index (χ4v) is 4.28. The standard InChI is InChI=1S/C25H30N2O4/c1-17-10-23(8-9-30-17)31-25-24-15-26-21(11-19(24)14-27-25)13-22(28)12-20(16-29-2)18-6-4-3-5-7-18/h3-7,11,15,17,20,23H,8-10,12-14,16H2,1-2H3/t17?,20-,23?/m1/s1. The summed E-state index contributed by atoms with van der Waals surface area (Å²) in [5.41, 5.74) is 3.92. The minimum Gasteiger partial charge on any atom is -0.474 e. The minimum absolute atomic E-state index is 0.0540. The number of methoxy groups -OCH3 is 1. The number of aromatic nitrogens is 1. The van der Waals surface area contributed by atoms with Gasteiger partial charge in [-0.05, 0) is 24.1 Å². The number of rotatable bonds is 8. The van der Waals surface area contributed by atoms with E-state index < -0.39 is 0 Å². The molecule has 0 bridgehead atoms. The first kappa shape index (κ1) is 21.7. The molecule has 1 saturated heterocycles. The lowest BCUT2D eigenvalue weighted by Crippen LogP contribution is -2.30. The third-order valence-corrected chi connectivity index (χ3v) is 5.88. The van der Waals surface area contributed by atoms with Gasteiger partial charge in [0.2, 0.25) is 5.90 Å². The third kappa shape index (κ3) is 5.57. The number of benzene rings is 1. The van der Waals surface area contributed by atoms with Crippen LogP contribution in [0.3, 0.4) is 0 Å². The van der Waals surface area contributed by atoms with E-state index in [0.29, 0.717) is 31.9 Å². The average molecular weight is 423 g/mol. The number of carbonyl (C=O) groups excluding carboxylic acids is 1. The van der Waals surface area contributed by atoms with Crippen LogP contribution in [0.2, 0.25) is 0 Å². The molecule has 0 N–H and O–H groups in total. The zero-order chi connectivity index (χ0) is 21.6. The summed E-state index contributed by atoms with van der Waals surface area (Å²) >= 11 is 0. The van der Waals surface area contributed by atoms with Crippen molar-refractivity contribution in [2.75, 3.05) is 20.3 Å². The largest absolute Gasteiger partial charge is 0.474 e. The normalized spacial score (nSPS) is 21.3. The van der Waals surface area contributed by atoms with E-state index in [-0.39, 0.29) is 23.9 Å². The molecule has 0 amide bonds. The van der Waals surface area contributed by atoms with Gasteiger partial charge in [0.05, 0.1) is 31.4 Å². The van der Waals surface area contributed by atoms with Crippen LogP contribution in [0.1, 0.15) is 54.5 Å². The number of hydrogen-bond donors (Lipinski definition) is 0. The Kier molecular flexibility index (Phi) is 7.10. The predicted octanol–water partition coefficient (Wildman–Crippen LogP) is 3.86. The molecule has 0 radical (unpaired) electrons. The molecule has 2 unspecified atom stereocenters. The average Bonchev–Trinajstić information content (AvgIpc) is 3.16. The number of carbonyl (C=O) groups is 1. The van der Waals surface area contributed by atoms with Gasteiger partial charge in [-0.2, -0.15) is 0 Å². The predicted molar refractivity (Wildman–Crippen MR) is 118 cm³/mol. The van der Waals surface area contributed by atoms with Crippen molar-refractivity contribution in [3.63, 3.8) is 0 Å². The molecule has 2 aliphatic heterocycles. The first-order valence-electron chi connectivity index (χ1n) is 11.0. The fourth-order valence-electron chi connectivity index (χ4n) is 4.28. The number of aliphatic imine (C=N–C) groups is 1. The number of ether oxygens (including phenoxy) is 3. The summed E-state index contributed by atoms with van der Waals surface area (Å²) in [4.78, 5) is 21.9. The van der Waals surface area contributed by atoms with Crippen molar-refractivity contribution in [1.82, 2.24) is 4.98 Å². The Bertz CT molecular complexity index is 928. The van der Waals surface area contributed by atoms with E-state index in [0.717, 1.165) is 41.8 Å². The maximum Gasteiger partial charge on any atom is 0.218 e. The monoisotopic (exact) mass is 422 g/mol. The van der Waals surface area contributed by atoms with Crippen LogP contribution < -0.4 is 0 Å². The number of nitrogens with zero attached hydrogens (tertiary/aromatic N) is 2. The highest BCUT2D eigenvalue weighted by Gasteiger charge is 2.26. The van der Waals surface area contributed by atoms with Crippen molar-refractivity contribution < 1.29 is 19.0 Å². The van der Waals surface area contributed by atoms with Crippen molar-refractivity contribution in [3.8, 4) is 0 Å². The van der Waals surface area contributed by atoms with Gasteiger partial charge in [-0.25, -0.2) is 4.99 Å². The fraction of sp³-hybridized carbons (Fsp3) is 0.480. The Hall–Kier alpha value is -2.57. The maximum absolute atomic E-state index is 12.8. The maximum atomic E-state index is 12.8. The highest BCUT2D eigenvalue weighted by Crippen LogP contribution is 2.25. The molecule has 1 fully saturated rings. The van der Waals surface area contributed by atoms with Gasteiger partial charge in [0.25, 0.3) is 0 Å². The molecule has 6 nitrogen and oxygen atoms in total. The van der Waals surface area contributed by atoms with Crippen LogP contribution in [0.5, 0.6) is 0 Å². The van der Waals surface area contributed by atoms with Gasteiger partial charge in [0.1, 0.15) is 11.9 Å². The Morgan fingerprint density at radius 1 is 1.29 bits per heavy atom. The third-order valence-electron chi connectivity index (χ3n) is 5.88. The minimum atomic E-state index is 0.0540. The summed E-state index contributed by atoms with van der Waals surface area (Å²) in [7, 11) is 1.67. The molecule has 2 aliphatic rings. The van der Waals surface area contributed by atoms with Gasteiger partial charge in [-0.3, -0.25) is 9.78 Å². The molecule has 6 heteroatoms. The second-order valence-corrected chi connectivity index (χ2v) is 8.38. The van der Waals surface area contributed by atoms with Crippen LogP contribution in [0.15, 0.2) is 47.6 Å². The van der Waals surface area contributed by atoms with E-state index in [2.05, 4.69) is 16.9 Å². The number of fused-ring (bicyclic) bond motifs is 1. The Labute approximate surface area is 183 Å². The zero-order valence-electron chi connectivity index (χ0n) is 18.3. The van der Waals surface area contributed by atoms with Crippen molar-refractivity contribution in [1.29, 1.82) is 0 Å². The smallest absolute Gasteiger partial charge is 0.218 e. The molecule has 31 heavy (non-hydrogen) atoms. The lowest BCUT2D eigenvalue weighted by atomic mass is 9.93. The number of hydrogen-bond acceptors (Lipinski definition) is 6. The Morgan fingerprint density at radius 2 is 2.13 bits per heavy atom. The van der Waals surface area contributed by atoms with E-state index in [1.165, 1.54) is 0 Å². The van der Waals surface area contributed by atoms with Crippen LogP contribution in [0.4, 0.5) is 0 Å². The number of pyridine rings is 1. The lowest BCUT2D eigenvalue weighted by Gasteiger charge is -2.27. The molecule has 3 atom stereocenters. The molecule has 1 aromatic heterocycles. The quantitative estimate of drug-likeness (QED) is 0.646. The zero-order valence-corrected chi connectivity index (χ0v) is 18.3. The number of Topliss-reactive ketones (excluding diaryl/α,β-unsaturated/α-hetero) is 1. The van der Waals surface area contributed by atoms with Crippen LogP contribution in [-0.2, 0) is 32.0 Å². The van der Waals surface area contributed by atoms with Gasteiger partial charge < -0.3 is 14.2 Å². The first-order chi connectivity index (χ1) is 15.1. The summed E-state index contributed by atoms with van der Waals surface area (Å²) in [5.74, 6) is 0.881. The number of ketones is 1. The molecule has 0 spiro atoms. The van der Waals surface area contributed by atoms with E-state index in [4.69, 9.17) is 14.2 Å². The van der Waals surface area contributed by atoms with Crippen molar-refractivity contribution in [3.05, 3.63) is 65.0 Å². The van der Waals surface area contributed by atoms with E-state index in [1.54, 1.807) is 13.3 Å². The summed E-state index contributed by atoms with van der Waals surface area (Å²) in [6.07, 6.45) is 4.64. The topological polar surface area (TPSA) is 70.0 Å². The van der Waals surface area contributed by atoms with Crippen LogP contribution in [0, 0.1) is 0 Å².